The molecule has 0 amide bonds. The van der Waals surface area contributed by atoms with Gasteiger partial charge in [-0.15, -0.1) is 0 Å². The smallest absolute Gasteiger partial charge is 0.331 e. The van der Waals surface area contributed by atoms with Gasteiger partial charge in [0.25, 0.3) is 0 Å². The van der Waals surface area contributed by atoms with Gasteiger partial charge in [-0.05, 0) is 48.9 Å². The molecule has 5 rings (SSSR count). The van der Waals surface area contributed by atoms with E-state index < -0.39 is 53.8 Å². The molecule has 3 aromatic carbocycles. The van der Waals surface area contributed by atoms with E-state index in [1.165, 1.54) is 43.3 Å². The quantitative estimate of drug-likeness (QED) is 0.149. The summed E-state index contributed by atoms with van der Waals surface area (Å²) in [6, 6.07) is 13.2. The number of rotatable bonds is 7. The first-order chi connectivity index (χ1) is 21.4. The lowest BCUT2D eigenvalue weighted by atomic mass is 9.99. The standard InChI is InChI=1S/C32H28O13/c1-15-29(40)30(42-16(2)33)31(45-27(39)10-5-17-3-7-19(34)8-4-17)32(41-15)44-25-11-18(6-9-21(25)36)24-14-23(38)28-22(37)12-20(35)13-26(28)43-24/h3-15,29-32,34-37,40H,1-2H3/t15-,29-,30+,31+,32-/m0/s1. The molecule has 0 radical (unpaired) electrons. The summed E-state index contributed by atoms with van der Waals surface area (Å²) < 4.78 is 28.3. The zero-order valence-electron chi connectivity index (χ0n) is 23.8. The minimum absolute atomic E-state index is 0.00385. The molecule has 1 aliphatic heterocycles. The summed E-state index contributed by atoms with van der Waals surface area (Å²) in [5, 5.41) is 50.6. The van der Waals surface area contributed by atoms with Crippen LogP contribution in [0.2, 0.25) is 0 Å². The predicted octanol–water partition coefficient (Wildman–Crippen LogP) is 3.32. The van der Waals surface area contributed by atoms with Crippen molar-refractivity contribution in [2.45, 2.75) is 44.6 Å². The lowest BCUT2D eigenvalue weighted by Gasteiger charge is -2.42. The zero-order valence-corrected chi connectivity index (χ0v) is 23.8. The number of hydrogen-bond donors (Lipinski definition) is 5. The molecule has 4 aromatic rings. The van der Waals surface area contributed by atoms with Gasteiger partial charge < -0.3 is 48.9 Å². The molecule has 1 aromatic heterocycles. The maximum atomic E-state index is 12.8. The van der Waals surface area contributed by atoms with Gasteiger partial charge in [0, 0.05) is 36.8 Å². The van der Waals surface area contributed by atoms with Crippen molar-refractivity contribution < 1.29 is 58.5 Å². The van der Waals surface area contributed by atoms with Crippen LogP contribution in [0.5, 0.6) is 28.7 Å². The van der Waals surface area contributed by atoms with Gasteiger partial charge in [0.1, 0.15) is 40.1 Å². The van der Waals surface area contributed by atoms with Crippen LogP contribution >= 0.6 is 0 Å². The molecule has 0 spiro atoms. The Morgan fingerprint density at radius 3 is 2.31 bits per heavy atom. The van der Waals surface area contributed by atoms with Gasteiger partial charge in [0.2, 0.25) is 12.4 Å². The molecule has 1 fully saturated rings. The van der Waals surface area contributed by atoms with Gasteiger partial charge in [0.15, 0.2) is 23.0 Å². The molecule has 2 heterocycles. The van der Waals surface area contributed by atoms with Gasteiger partial charge in [0.05, 0.1) is 6.10 Å². The van der Waals surface area contributed by atoms with E-state index in [9.17, 15) is 39.9 Å². The topological polar surface area (TPSA) is 202 Å². The highest BCUT2D eigenvalue weighted by atomic mass is 16.7. The summed E-state index contributed by atoms with van der Waals surface area (Å²) in [6.07, 6.45) is -4.38. The van der Waals surface area contributed by atoms with Crippen molar-refractivity contribution in [1.82, 2.24) is 0 Å². The largest absolute Gasteiger partial charge is 0.508 e. The van der Waals surface area contributed by atoms with Crippen molar-refractivity contribution in [3.8, 4) is 40.1 Å². The highest BCUT2D eigenvalue weighted by molar-refractivity contribution is 5.87. The van der Waals surface area contributed by atoms with E-state index in [0.29, 0.717) is 5.56 Å². The molecule has 0 unspecified atom stereocenters. The Balaban J connectivity index is 1.46. The van der Waals surface area contributed by atoms with Crippen molar-refractivity contribution in [1.29, 1.82) is 0 Å². The summed E-state index contributed by atoms with van der Waals surface area (Å²) in [4.78, 5) is 37.5. The summed E-state index contributed by atoms with van der Waals surface area (Å²) in [5.41, 5.74) is 0.0976. The van der Waals surface area contributed by atoms with E-state index >= 15 is 0 Å². The van der Waals surface area contributed by atoms with Crippen LogP contribution in [0.3, 0.4) is 0 Å². The van der Waals surface area contributed by atoms with Crippen molar-refractivity contribution >= 4 is 29.0 Å². The van der Waals surface area contributed by atoms with Crippen molar-refractivity contribution in [3.63, 3.8) is 0 Å². The Morgan fingerprint density at radius 2 is 1.60 bits per heavy atom. The van der Waals surface area contributed by atoms with Gasteiger partial charge in [-0.25, -0.2) is 4.79 Å². The first-order valence-corrected chi connectivity index (χ1v) is 13.6. The third-order valence-electron chi connectivity index (χ3n) is 6.90. The van der Waals surface area contributed by atoms with Crippen LogP contribution in [0.1, 0.15) is 19.4 Å². The first-order valence-electron chi connectivity index (χ1n) is 13.6. The number of carbonyl (C=O) groups is 2. The number of ether oxygens (including phenoxy) is 4. The minimum Gasteiger partial charge on any atom is -0.508 e. The molecule has 0 saturated carbocycles. The maximum Gasteiger partial charge on any atom is 0.331 e. The van der Waals surface area contributed by atoms with Crippen LogP contribution in [0, 0.1) is 0 Å². The van der Waals surface area contributed by atoms with Gasteiger partial charge in [-0.1, -0.05) is 12.1 Å². The predicted molar refractivity (Wildman–Crippen MR) is 156 cm³/mol. The number of phenols is 4. The normalized spacial score (nSPS) is 21.4. The van der Waals surface area contributed by atoms with E-state index in [2.05, 4.69) is 0 Å². The van der Waals surface area contributed by atoms with E-state index in [1.807, 2.05) is 0 Å². The van der Waals surface area contributed by atoms with Crippen LogP contribution in [0.25, 0.3) is 28.4 Å². The van der Waals surface area contributed by atoms with Crippen LogP contribution in [-0.2, 0) is 23.8 Å². The average Bonchev–Trinajstić information content (AvgIpc) is 2.97. The lowest BCUT2D eigenvalue weighted by molar-refractivity contribution is -0.276. The van der Waals surface area contributed by atoms with E-state index in [0.717, 1.165) is 31.2 Å². The fraction of sp³-hybridized carbons (Fsp3) is 0.219. The molecule has 5 atom stereocenters. The Kier molecular flexibility index (Phi) is 8.66. The first kappa shape index (κ1) is 30.9. The van der Waals surface area contributed by atoms with E-state index in [4.69, 9.17) is 23.4 Å². The molecule has 0 bridgehead atoms. The summed E-state index contributed by atoms with van der Waals surface area (Å²) in [5.74, 6) is -3.06. The SMILES string of the molecule is CC(=O)O[C@@H]1[C@@H](O)[C@H](C)O[C@@H](Oc2cc(-c3cc(=O)c4c(O)cc(O)cc4o3)ccc2O)[C@@H]1OC(=O)C=Cc1ccc(O)cc1. The Hall–Kier alpha value is -5.53. The van der Waals surface area contributed by atoms with Crippen LogP contribution in [-0.4, -0.2) is 68.2 Å². The molecule has 0 aliphatic carbocycles. The fourth-order valence-corrected chi connectivity index (χ4v) is 4.74. The number of aliphatic hydroxyl groups is 1. The number of fused-ring (bicyclic) bond motifs is 1. The molecular formula is C32H28O13. The summed E-state index contributed by atoms with van der Waals surface area (Å²) >= 11 is 0. The third-order valence-corrected chi connectivity index (χ3v) is 6.90. The average molecular weight is 621 g/mol. The van der Waals surface area contributed by atoms with Crippen LogP contribution in [0.15, 0.2) is 76.0 Å². The lowest BCUT2D eigenvalue weighted by Crippen LogP contribution is -2.61. The molecule has 1 aliphatic rings. The Morgan fingerprint density at radius 1 is 0.867 bits per heavy atom. The van der Waals surface area contributed by atoms with E-state index in [1.54, 1.807) is 12.1 Å². The highest BCUT2D eigenvalue weighted by Crippen LogP contribution is 2.37. The summed E-state index contributed by atoms with van der Waals surface area (Å²) in [6.45, 7) is 2.59. The molecular weight excluding hydrogens is 592 g/mol. The number of aliphatic hydroxyl groups excluding tert-OH is 1. The monoisotopic (exact) mass is 620 g/mol. The fourth-order valence-electron chi connectivity index (χ4n) is 4.74. The Labute approximate surface area is 254 Å². The second-order valence-corrected chi connectivity index (χ2v) is 10.2. The second kappa shape index (κ2) is 12.6. The summed E-state index contributed by atoms with van der Waals surface area (Å²) in [7, 11) is 0. The van der Waals surface area contributed by atoms with Gasteiger partial charge >= 0.3 is 11.9 Å². The van der Waals surface area contributed by atoms with E-state index in [-0.39, 0.29) is 45.3 Å². The Bertz CT molecular complexity index is 1830. The highest BCUT2D eigenvalue weighted by Gasteiger charge is 2.49. The van der Waals surface area contributed by atoms with Crippen molar-refractivity contribution in [2.75, 3.05) is 0 Å². The number of phenolic OH excluding ortho intramolecular Hbond substituents is 4. The number of esters is 2. The van der Waals surface area contributed by atoms with Gasteiger partial charge in [-0.2, -0.15) is 0 Å². The second-order valence-electron chi connectivity index (χ2n) is 10.2. The van der Waals surface area contributed by atoms with Crippen LogP contribution < -0.4 is 10.2 Å². The number of aromatic hydroxyl groups is 4. The van der Waals surface area contributed by atoms with Crippen LogP contribution in [0.4, 0.5) is 0 Å². The number of benzene rings is 3. The maximum absolute atomic E-state index is 12.8. The molecule has 1 saturated heterocycles. The molecule has 5 N–H and O–H groups in total. The molecule has 13 nitrogen and oxygen atoms in total. The molecule has 13 heteroatoms. The van der Waals surface area contributed by atoms with Crippen molar-refractivity contribution in [3.05, 3.63) is 82.5 Å². The third kappa shape index (κ3) is 6.84. The molecule has 234 valence electrons. The van der Waals surface area contributed by atoms with Crippen molar-refractivity contribution in [2.24, 2.45) is 0 Å². The minimum atomic E-state index is -1.52. The zero-order chi connectivity index (χ0) is 32.4. The molecule has 45 heavy (non-hydrogen) atoms. The number of carbonyl (C=O) groups excluding carboxylic acids is 2. The van der Waals surface area contributed by atoms with Gasteiger partial charge in [-0.3, -0.25) is 9.59 Å². The number of hydrogen-bond acceptors (Lipinski definition) is 13.